The first-order valence-electron chi connectivity index (χ1n) is 8.76. The Hall–Kier alpha value is -2.86. The van der Waals surface area contributed by atoms with Crippen LogP contribution in [0.1, 0.15) is 46.9 Å². The maximum atomic E-state index is 12.8. The number of amides is 2. The van der Waals surface area contributed by atoms with Crippen molar-refractivity contribution in [1.82, 2.24) is 14.7 Å². The smallest absolute Gasteiger partial charge is 0.287 e. The predicted molar refractivity (Wildman–Crippen MR) is 107 cm³/mol. The number of hydrogen-bond donors (Lipinski definition) is 2. The van der Waals surface area contributed by atoms with Crippen LogP contribution < -0.4 is 10.6 Å². The molecule has 0 saturated heterocycles. The summed E-state index contributed by atoms with van der Waals surface area (Å²) in [5.41, 5.74) is 2.23. The van der Waals surface area contributed by atoms with Crippen LogP contribution in [0, 0.1) is 6.92 Å². The molecule has 0 saturated carbocycles. The van der Waals surface area contributed by atoms with Crippen LogP contribution in [0.15, 0.2) is 42.6 Å². The standard InChI is InChI=1S/C20H21ClN4O2/c1-4-13(3)22-20(27)18-24-17(16-7-5-6-10-25(16)18)19(26)23-15-11-14(21)9-8-12(15)2/h5-11,13H,4H2,1-3H3,(H,22,27)(H,23,26). The molecule has 0 spiro atoms. The number of nitrogens with zero attached hydrogens (tertiary/aromatic N) is 2. The number of imidazole rings is 1. The van der Waals surface area contributed by atoms with Gasteiger partial charge in [0.15, 0.2) is 5.69 Å². The molecule has 1 unspecified atom stereocenters. The minimum Gasteiger partial charge on any atom is -0.347 e. The van der Waals surface area contributed by atoms with Crippen molar-refractivity contribution in [3.63, 3.8) is 0 Å². The van der Waals surface area contributed by atoms with Gasteiger partial charge in [0.25, 0.3) is 11.8 Å². The fourth-order valence-electron chi connectivity index (χ4n) is 2.67. The van der Waals surface area contributed by atoms with Crippen LogP contribution in [0.5, 0.6) is 0 Å². The average molecular weight is 385 g/mol. The summed E-state index contributed by atoms with van der Waals surface area (Å²) in [5.74, 6) is -0.533. The van der Waals surface area contributed by atoms with Crippen molar-refractivity contribution in [2.24, 2.45) is 0 Å². The van der Waals surface area contributed by atoms with Gasteiger partial charge in [0.2, 0.25) is 5.82 Å². The zero-order valence-electron chi connectivity index (χ0n) is 15.4. The Bertz CT molecular complexity index is 1010. The van der Waals surface area contributed by atoms with E-state index < -0.39 is 5.91 Å². The molecule has 7 heteroatoms. The lowest BCUT2D eigenvalue weighted by Crippen LogP contribution is -2.33. The summed E-state index contributed by atoms with van der Waals surface area (Å²) >= 11 is 6.03. The Labute approximate surface area is 162 Å². The summed E-state index contributed by atoms with van der Waals surface area (Å²) in [7, 11) is 0. The van der Waals surface area contributed by atoms with Gasteiger partial charge in [0.1, 0.15) is 0 Å². The van der Waals surface area contributed by atoms with Crippen LogP contribution in [0.4, 0.5) is 5.69 Å². The first kappa shape index (κ1) is 18.9. The topological polar surface area (TPSA) is 75.5 Å². The number of aromatic nitrogens is 2. The van der Waals surface area contributed by atoms with Crippen molar-refractivity contribution < 1.29 is 9.59 Å². The average Bonchev–Trinajstić information content (AvgIpc) is 3.04. The highest BCUT2D eigenvalue weighted by Crippen LogP contribution is 2.22. The second kappa shape index (κ2) is 7.80. The van der Waals surface area contributed by atoms with E-state index in [0.29, 0.717) is 16.2 Å². The first-order chi connectivity index (χ1) is 12.9. The van der Waals surface area contributed by atoms with E-state index in [1.165, 1.54) is 0 Å². The van der Waals surface area contributed by atoms with Crippen molar-refractivity contribution >= 4 is 34.6 Å². The molecule has 3 aromatic rings. The van der Waals surface area contributed by atoms with E-state index in [1.807, 2.05) is 26.8 Å². The van der Waals surface area contributed by atoms with Gasteiger partial charge in [-0.15, -0.1) is 0 Å². The van der Waals surface area contributed by atoms with Gasteiger partial charge in [0, 0.05) is 22.9 Å². The Morgan fingerprint density at radius 2 is 2.00 bits per heavy atom. The number of nitrogens with one attached hydrogen (secondary N) is 2. The molecule has 2 aromatic heterocycles. The Morgan fingerprint density at radius 1 is 1.22 bits per heavy atom. The van der Waals surface area contributed by atoms with Gasteiger partial charge in [0.05, 0.1) is 5.52 Å². The molecule has 2 heterocycles. The number of aryl methyl sites for hydroxylation is 1. The number of fused-ring (bicyclic) bond motifs is 1. The van der Waals surface area contributed by atoms with Crippen molar-refractivity contribution in [1.29, 1.82) is 0 Å². The Balaban J connectivity index is 1.98. The van der Waals surface area contributed by atoms with Crippen LogP contribution in [-0.2, 0) is 0 Å². The molecule has 140 valence electrons. The van der Waals surface area contributed by atoms with Crippen molar-refractivity contribution in [3.8, 4) is 0 Å². The van der Waals surface area contributed by atoms with Gasteiger partial charge in [-0.05, 0) is 50.1 Å². The monoisotopic (exact) mass is 384 g/mol. The second-order valence-corrected chi connectivity index (χ2v) is 6.87. The fraction of sp³-hybridized carbons (Fsp3) is 0.250. The first-order valence-corrected chi connectivity index (χ1v) is 9.14. The van der Waals surface area contributed by atoms with Gasteiger partial charge >= 0.3 is 0 Å². The third-order valence-electron chi connectivity index (χ3n) is 4.40. The number of benzene rings is 1. The van der Waals surface area contributed by atoms with E-state index in [-0.39, 0.29) is 23.5 Å². The number of pyridine rings is 1. The summed E-state index contributed by atoms with van der Waals surface area (Å²) in [6.07, 6.45) is 2.52. The normalized spacial score (nSPS) is 12.0. The lowest BCUT2D eigenvalue weighted by atomic mass is 10.2. The second-order valence-electron chi connectivity index (χ2n) is 6.44. The van der Waals surface area contributed by atoms with Crippen molar-refractivity contribution in [3.05, 3.63) is 64.7 Å². The molecule has 0 fully saturated rings. The molecule has 1 aromatic carbocycles. The minimum atomic E-state index is -0.397. The van der Waals surface area contributed by atoms with Gasteiger partial charge in [-0.25, -0.2) is 4.98 Å². The molecular weight excluding hydrogens is 364 g/mol. The highest BCUT2D eigenvalue weighted by atomic mass is 35.5. The Morgan fingerprint density at radius 3 is 2.74 bits per heavy atom. The number of hydrogen-bond acceptors (Lipinski definition) is 3. The number of carbonyl (C=O) groups is 2. The van der Waals surface area contributed by atoms with Crippen LogP contribution in [0.2, 0.25) is 5.02 Å². The molecule has 0 aliphatic rings. The number of rotatable bonds is 5. The van der Waals surface area contributed by atoms with Gasteiger partial charge in [-0.2, -0.15) is 0 Å². The lowest BCUT2D eigenvalue weighted by Gasteiger charge is -2.10. The summed E-state index contributed by atoms with van der Waals surface area (Å²) in [5, 5.41) is 6.24. The molecular formula is C20H21ClN4O2. The highest BCUT2D eigenvalue weighted by Gasteiger charge is 2.22. The summed E-state index contributed by atoms with van der Waals surface area (Å²) in [6, 6.07) is 10.6. The van der Waals surface area contributed by atoms with Crippen LogP contribution in [0.3, 0.4) is 0 Å². The quantitative estimate of drug-likeness (QED) is 0.696. The zero-order chi connectivity index (χ0) is 19.6. The molecule has 0 bridgehead atoms. The SMILES string of the molecule is CCC(C)NC(=O)c1nc(C(=O)Nc2cc(Cl)ccc2C)c2ccccn12. The van der Waals surface area contributed by atoms with E-state index in [9.17, 15) is 9.59 Å². The van der Waals surface area contributed by atoms with Gasteiger partial charge in [-0.1, -0.05) is 30.7 Å². The maximum absolute atomic E-state index is 12.8. The van der Waals surface area contributed by atoms with Crippen molar-refractivity contribution in [2.75, 3.05) is 5.32 Å². The maximum Gasteiger partial charge on any atom is 0.287 e. The largest absolute Gasteiger partial charge is 0.347 e. The van der Waals surface area contributed by atoms with Crippen molar-refractivity contribution in [2.45, 2.75) is 33.2 Å². The number of carbonyl (C=O) groups excluding carboxylic acids is 2. The molecule has 2 N–H and O–H groups in total. The zero-order valence-corrected chi connectivity index (χ0v) is 16.2. The molecule has 1 atom stereocenters. The Kier molecular flexibility index (Phi) is 5.46. The van der Waals surface area contributed by atoms with Crippen LogP contribution >= 0.6 is 11.6 Å². The summed E-state index contributed by atoms with van der Waals surface area (Å²) in [6.45, 7) is 5.78. The third-order valence-corrected chi connectivity index (χ3v) is 4.64. The molecule has 27 heavy (non-hydrogen) atoms. The predicted octanol–water partition coefficient (Wildman–Crippen LogP) is 4.08. The number of halogens is 1. The van der Waals surface area contributed by atoms with Gasteiger partial charge < -0.3 is 10.6 Å². The number of anilines is 1. The van der Waals surface area contributed by atoms with E-state index >= 15 is 0 Å². The summed E-state index contributed by atoms with van der Waals surface area (Å²) in [4.78, 5) is 29.8. The molecule has 0 radical (unpaired) electrons. The summed E-state index contributed by atoms with van der Waals surface area (Å²) < 4.78 is 1.62. The minimum absolute atomic E-state index is 0.0138. The molecule has 3 rings (SSSR count). The van der Waals surface area contributed by atoms with Crippen LogP contribution in [0.25, 0.3) is 5.52 Å². The molecule has 0 aliphatic carbocycles. The molecule has 0 aliphatic heterocycles. The third kappa shape index (κ3) is 3.95. The molecule has 6 nitrogen and oxygen atoms in total. The van der Waals surface area contributed by atoms with E-state index in [2.05, 4.69) is 15.6 Å². The lowest BCUT2D eigenvalue weighted by molar-refractivity contribution is 0.0928. The molecule has 2 amide bonds. The fourth-order valence-corrected chi connectivity index (χ4v) is 2.84. The van der Waals surface area contributed by atoms with E-state index in [1.54, 1.807) is 40.9 Å². The van der Waals surface area contributed by atoms with E-state index in [4.69, 9.17) is 11.6 Å². The highest BCUT2D eigenvalue weighted by molar-refractivity contribution is 6.31. The van der Waals surface area contributed by atoms with E-state index in [0.717, 1.165) is 12.0 Å². The van der Waals surface area contributed by atoms with Crippen LogP contribution in [-0.4, -0.2) is 27.2 Å². The van der Waals surface area contributed by atoms with Gasteiger partial charge in [-0.3, -0.25) is 14.0 Å².